The molecule has 1 unspecified atom stereocenters. The van der Waals surface area contributed by atoms with Gasteiger partial charge in [0.15, 0.2) is 0 Å². The number of nitrogens with zero attached hydrogens (tertiary/aromatic N) is 2. The van der Waals surface area contributed by atoms with Crippen LogP contribution in [0.4, 0.5) is 0 Å². The van der Waals surface area contributed by atoms with E-state index in [0.717, 1.165) is 10.0 Å². The fourth-order valence-electron chi connectivity index (χ4n) is 1.53. The molecule has 2 aromatic rings. The molecule has 0 fully saturated rings. The smallest absolute Gasteiger partial charge is 0.249 e. The van der Waals surface area contributed by atoms with Crippen LogP contribution in [-0.2, 0) is 4.79 Å². The summed E-state index contributed by atoms with van der Waals surface area (Å²) in [6.45, 7) is 3.38. The zero-order valence-corrected chi connectivity index (χ0v) is 13.9. The van der Waals surface area contributed by atoms with Crippen molar-refractivity contribution in [3.05, 3.63) is 34.6 Å². The molecule has 0 aliphatic heterocycles. The lowest BCUT2D eigenvalue weighted by atomic mass is 10.2. The number of carbonyl (C=O) groups excluding carboxylic acids is 1. The molecular formula is C13H16BrClN4O2. The predicted molar refractivity (Wildman–Crippen MR) is 84.9 cm³/mol. The minimum absolute atomic E-state index is 0. The Hall–Kier alpha value is -1.44. The molecule has 1 heterocycles. The monoisotopic (exact) mass is 374 g/mol. The first-order valence-corrected chi connectivity index (χ1v) is 6.92. The summed E-state index contributed by atoms with van der Waals surface area (Å²) in [5, 5.41) is 6.61. The minimum Gasteiger partial charge on any atom is -0.343 e. The van der Waals surface area contributed by atoms with E-state index in [1.165, 1.54) is 0 Å². The summed E-state index contributed by atoms with van der Waals surface area (Å²) in [6, 6.07) is 6.59. The van der Waals surface area contributed by atoms with Crippen LogP contribution < -0.4 is 11.1 Å². The number of carbonyl (C=O) groups is 1. The third-order valence-electron chi connectivity index (χ3n) is 2.69. The first-order chi connectivity index (χ1) is 9.47. The first-order valence-electron chi connectivity index (χ1n) is 6.13. The normalized spacial score (nSPS) is 13.1. The molecule has 1 aromatic heterocycles. The number of halogens is 2. The van der Waals surface area contributed by atoms with Gasteiger partial charge in [0.25, 0.3) is 0 Å². The summed E-state index contributed by atoms with van der Waals surface area (Å²) in [4.78, 5) is 15.8. The molecule has 6 nitrogen and oxygen atoms in total. The molecule has 0 spiro atoms. The van der Waals surface area contributed by atoms with Gasteiger partial charge in [-0.1, -0.05) is 21.1 Å². The fourth-order valence-corrected chi connectivity index (χ4v) is 1.80. The highest BCUT2D eigenvalue weighted by Gasteiger charge is 2.18. The van der Waals surface area contributed by atoms with Crippen molar-refractivity contribution in [1.29, 1.82) is 0 Å². The molecule has 0 saturated carbocycles. The second-order valence-electron chi connectivity index (χ2n) is 4.48. The molecular weight excluding hydrogens is 360 g/mol. The highest BCUT2D eigenvalue weighted by Crippen LogP contribution is 2.20. The van der Waals surface area contributed by atoms with Gasteiger partial charge in [-0.2, -0.15) is 4.98 Å². The lowest BCUT2D eigenvalue weighted by molar-refractivity contribution is -0.122. The summed E-state index contributed by atoms with van der Waals surface area (Å²) in [7, 11) is 0. The van der Waals surface area contributed by atoms with Gasteiger partial charge in [0.1, 0.15) is 6.04 Å². The molecule has 21 heavy (non-hydrogen) atoms. The van der Waals surface area contributed by atoms with Crippen LogP contribution in [0.2, 0.25) is 0 Å². The van der Waals surface area contributed by atoms with Gasteiger partial charge in [0.2, 0.25) is 17.6 Å². The van der Waals surface area contributed by atoms with E-state index in [0.29, 0.717) is 11.7 Å². The van der Waals surface area contributed by atoms with Crippen molar-refractivity contribution in [1.82, 2.24) is 15.5 Å². The molecule has 0 radical (unpaired) electrons. The van der Waals surface area contributed by atoms with Crippen molar-refractivity contribution in [3.63, 3.8) is 0 Å². The summed E-state index contributed by atoms with van der Waals surface area (Å²) in [5.41, 5.74) is 6.33. The Morgan fingerprint density at radius 2 is 1.95 bits per heavy atom. The van der Waals surface area contributed by atoms with Crippen molar-refractivity contribution in [2.24, 2.45) is 5.73 Å². The number of aromatic nitrogens is 2. The second kappa shape index (κ2) is 7.53. The average Bonchev–Trinajstić information content (AvgIpc) is 2.89. The average molecular weight is 376 g/mol. The standard InChI is InChI=1S/C13H15BrN4O2.ClH/c1-7(15)12(19)16-8(2)13-17-11(18-20-13)9-3-5-10(14)6-4-9;/h3-8H,15H2,1-2H3,(H,16,19);1H/t7-,8?;/m1./s1. The van der Waals surface area contributed by atoms with E-state index in [4.69, 9.17) is 10.3 Å². The number of benzene rings is 1. The zero-order chi connectivity index (χ0) is 14.7. The van der Waals surface area contributed by atoms with E-state index in [2.05, 4.69) is 31.4 Å². The Bertz CT molecular complexity index is 600. The van der Waals surface area contributed by atoms with Crippen molar-refractivity contribution in [3.8, 4) is 11.4 Å². The number of nitrogens with one attached hydrogen (secondary N) is 1. The largest absolute Gasteiger partial charge is 0.343 e. The summed E-state index contributed by atoms with van der Waals surface area (Å²) in [5.74, 6) is 0.562. The number of hydrogen-bond acceptors (Lipinski definition) is 5. The summed E-state index contributed by atoms with van der Waals surface area (Å²) < 4.78 is 6.14. The third-order valence-corrected chi connectivity index (χ3v) is 3.22. The number of amides is 1. The van der Waals surface area contributed by atoms with Crippen LogP contribution in [0.5, 0.6) is 0 Å². The molecule has 0 saturated heterocycles. The summed E-state index contributed by atoms with van der Waals surface area (Å²) in [6.07, 6.45) is 0. The van der Waals surface area contributed by atoms with Crippen molar-refractivity contribution < 1.29 is 9.32 Å². The molecule has 0 aliphatic rings. The topological polar surface area (TPSA) is 94.0 Å². The second-order valence-corrected chi connectivity index (χ2v) is 5.40. The van der Waals surface area contributed by atoms with Crippen LogP contribution in [0.1, 0.15) is 25.8 Å². The van der Waals surface area contributed by atoms with Gasteiger partial charge in [-0.3, -0.25) is 4.79 Å². The highest BCUT2D eigenvalue weighted by atomic mass is 79.9. The number of nitrogens with two attached hydrogens (primary N) is 1. The Labute approximate surface area is 137 Å². The van der Waals surface area contributed by atoms with Crippen LogP contribution in [-0.4, -0.2) is 22.1 Å². The lowest BCUT2D eigenvalue weighted by Crippen LogP contribution is -2.39. The minimum atomic E-state index is -0.577. The summed E-state index contributed by atoms with van der Waals surface area (Å²) >= 11 is 3.36. The number of rotatable bonds is 4. The molecule has 3 N–H and O–H groups in total. The van der Waals surface area contributed by atoms with Crippen LogP contribution in [0, 0.1) is 0 Å². The SMILES string of the molecule is CC(NC(=O)[C@@H](C)N)c1nc(-c2ccc(Br)cc2)no1.Cl. The molecule has 2 atom stereocenters. The number of hydrogen-bond donors (Lipinski definition) is 2. The molecule has 0 aliphatic carbocycles. The van der Waals surface area contributed by atoms with Gasteiger partial charge >= 0.3 is 0 Å². The maximum atomic E-state index is 11.5. The van der Waals surface area contributed by atoms with E-state index < -0.39 is 6.04 Å². The fraction of sp³-hybridized carbons (Fsp3) is 0.308. The van der Waals surface area contributed by atoms with Gasteiger partial charge in [0, 0.05) is 10.0 Å². The van der Waals surface area contributed by atoms with Crippen molar-refractivity contribution in [2.45, 2.75) is 25.9 Å². The van der Waals surface area contributed by atoms with Gasteiger partial charge in [0.05, 0.1) is 6.04 Å². The van der Waals surface area contributed by atoms with Gasteiger partial charge in [-0.05, 0) is 38.1 Å². The van der Waals surface area contributed by atoms with Crippen molar-refractivity contribution >= 4 is 34.2 Å². The Balaban J connectivity index is 0.00000220. The first kappa shape index (κ1) is 17.6. The molecule has 2 rings (SSSR count). The molecule has 0 bridgehead atoms. The van der Waals surface area contributed by atoms with E-state index >= 15 is 0 Å². The van der Waals surface area contributed by atoms with Crippen LogP contribution in [0.15, 0.2) is 33.3 Å². The van der Waals surface area contributed by atoms with E-state index in [-0.39, 0.29) is 24.4 Å². The molecule has 1 amide bonds. The maximum absolute atomic E-state index is 11.5. The predicted octanol–water partition coefficient (Wildman–Crippen LogP) is 2.45. The highest BCUT2D eigenvalue weighted by molar-refractivity contribution is 9.10. The van der Waals surface area contributed by atoms with E-state index in [1.807, 2.05) is 24.3 Å². The quantitative estimate of drug-likeness (QED) is 0.856. The molecule has 114 valence electrons. The van der Waals surface area contributed by atoms with Gasteiger partial charge in [-0.15, -0.1) is 12.4 Å². The maximum Gasteiger partial charge on any atom is 0.249 e. The third kappa shape index (κ3) is 4.52. The molecule has 8 heteroatoms. The Morgan fingerprint density at radius 1 is 1.33 bits per heavy atom. The van der Waals surface area contributed by atoms with Crippen LogP contribution >= 0.6 is 28.3 Å². The zero-order valence-electron chi connectivity index (χ0n) is 11.5. The molecule has 1 aromatic carbocycles. The van der Waals surface area contributed by atoms with Crippen LogP contribution in [0.3, 0.4) is 0 Å². The van der Waals surface area contributed by atoms with Gasteiger partial charge < -0.3 is 15.6 Å². The van der Waals surface area contributed by atoms with E-state index in [9.17, 15) is 4.79 Å². The Kier molecular flexibility index (Phi) is 6.32. The lowest BCUT2D eigenvalue weighted by Gasteiger charge is -2.11. The van der Waals surface area contributed by atoms with Crippen molar-refractivity contribution in [2.75, 3.05) is 0 Å². The van der Waals surface area contributed by atoms with Crippen LogP contribution in [0.25, 0.3) is 11.4 Å². The Morgan fingerprint density at radius 3 is 2.52 bits per heavy atom. The van der Waals surface area contributed by atoms with Gasteiger partial charge in [-0.25, -0.2) is 0 Å². The van der Waals surface area contributed by atoms with E-state index in [1.54, 1.807) is 13.8 Å².